The van der Waals surface area contributed by atoms with E-state index in [9.17, 15) is 9.59 Å². The fourth-order valence-electron chi connectivity index (χ4n) is 5.95. The highest BCUT2D eigenvalue weighted by atomic mass is 16.5. The molecule has 1 aromatic heterocycles. The minimum absolute atomic E-state index is 0.149. The van der Waals surface area contributed by atoms with Gasteiger partial charge in [0, 0.05) is 31.0 Å². The number of nitrogens with one attached hydrogen (secondary N) is 1. The number of amides is 2. The second kappa shape index (κ2) is 8.57. The first-order valence-electron chi connectivity index (χ1n) is 12.4. The minimum Gasteiger partial charge on any atom is -0.497 e. The molecule has 7 nitrogen and oxygen atoms in total. The van der Waals surface area contributed by atoms with Crippen molar-refractivity contribution in [3.8, 4) is 11.4 Å². The molecule has 1 spiro atoms. The monoisotopic (exact) mass is 470 g/mol. The van der Waals surface area contributed by atoms with E-state index < -0.39 is 0 Å². The molecule has 3 aromatic rings. The summed E-state index contributed by atoms with van der Waals surface area (Å²) in [6, 6.07) is 17.6. The van der Waals surface area contributed by atoms with Gasteiger partial charge in [0.1, 0.15) is 5.75 Å². The summed E-state index contributed by atoms with van der Waals surface area (Å²) >= 11 is 0. The molecule has 1 fully saturated rings. The van der Waals surface area contributed by atoms with Crippen molar-refractivity contribution in [1.82, 2.24) is 14.4 Å². The number of carbonyl (C=O) groups is 2. The van der Waals surface area contributed by atoms with Crippen molar-refractivity contribution in [2.24, 2.45) is 0 Å². The lowest BCUT2D eigenvalue weighted by Gasteiger charge is -2.47. The topological polar surface area (TPSA) is 66.8 Å². The fraction of sp³-hybridized carbons (Fsp3) is 0.357. The second-order valence-corrected chi connectivity index (χ2v) is 9.75. The van der Waals surface area contributed by atoms with Crippen LogP contribution in [-0.2, 0) is 5.54 Å². The first kappa shape index (κ1) is 21.9. The number of hydrogen-bond donors (Lipinski definition) is 1. The molecule has 3 aliphatic heterocycles. The van der Waals surface area contributed by atoms with Gasteiger partial charge in [-0.2, -0.15) is 0 Å². The maximum Gasteiger partial charge on any atom is 0.261 e. The maximum absolute atomic E-state index is 12.6. The van der Waals surface area contributed by atoms with E-state index in [4.69, 9.17) is 4.74 Å². The molecule has 7 heteroatoms. The van der Waals surface area contributed by atoms with Crippen LogP contribution in [-0.4, -0.2) is 59.5 Å². The van der Waals surface area contributed by atoms with E-state index in [1.165, 1.54) is 10.6 Å². The normalized spacial score (nSPS) is 21.0. The van der Waals surface area contributed by atoms with Crippen molar-refractivity contribution in [2.75, 3.05) is 38.6 Å². The van der Waals surface area contributed by atoms with Gasteiger partial charge in [0.2, 0.25) is 0 Å². The highest BCUT2D eigenvalue weighted by Crippen LogP contribution is 2.43. The Morgan fingerprint density at radius 3 is 2.51 bits per heavy atom. The minimum atomic E-state index is -0.163. The van der Waals surface area contributed by atoms with E-state index in [0.717, 1.165) is 62.4 Å². The Bertz CT molecular complexity index is 1260. The number of imide groups is 1. The number of hydrogen-bond acceptors (Lipinski definition) is 5. The molecule has 0 saturated carbocycles. The Morgan fingerprint density at radius 1 is 0.971 bits per heavy atom. The summed E-state index contributed by atoms with van der Waals surface area (Å²) in [6.07, 6.45) is 6.06. The van der Waals surface area contributed by atoms with Gasteiger partial charge in [-0.25, -0.2) is 0 Å². The predicted octanol–water partition coefficient (Wildman–Crippen LogP) is 4.28. The van der Waals surface area contributed by atoms with Gasteiger partial charge in [0.15, 0.2) is 0 Å². The molecule has 1 N–H and O–H groups in total. The molecule has 2 aromatic carbocycles. The van der Waals surface area contributed by atoms with Gasteiger partial charge in [-0.05, 0) is 75.2 Å². The first-order valence-corrected chi connectivity index (χ1v) is 12.4. The van der Waals surface area contributed by atoms with Crippen LogP contribution in [0.2, 0.25) is 0 Å². The number of likely N-dealkylation sites (tertiary alicyclic amines) is 1. The van der Waals surface area contributed by atoms with Crippen LogP contribution in [0.5, 0.6) is 5.75 Å². The van der Waals surface area contributed by atoms with Crippen LogP contribution in [0.25, 0.3) is 5.69 Å². The van der Waals surface area contributed by atoms with Crippen LogP contribution < -0.4 is 10.1 Å². The SMILES string of the molecule is COc1ccc2c(c1)N[C@]1(CCCN(CCCCN3C(=O)c4ccccc4C3=O)C1)c1cccn1-2. The molecule has 0 unspecified atom stereocenters. The quantitative estimate of drug-likeness (QED) is 0.430. The molecule has 0 aliphatic carbocycles. The van der Waals surface area contributed by atoms with Gasteiger partial charge in [-0.15, -0.1) is 0 Å². The van der Waals surface area contributed by atoms with Gasteiger partial charge in [0.25, 0.3) is 11.8 Å². The molecule has 0 bridgehead atoms. The Hall–Kier alpha value is -3.58. The van der Waals surface area contributed by atoms with E-state index in [0.29, 0.717) is 17.7 Å². The zero-order valence-corrected chi connectivity index (χ0v) is 20.0. The average Bonchev–Trinajstić information content (AvgIpc) is 3.47. The number of nitrogens with zero attached hydrogens (tertiary/aromatic N) is 3. The van der Waals surface area contributed by atoms with Gasteiger partial charge in [0.05, 0.1) is 35.2 Å². The second-order valence-electron chi connectivity index (χ2n) is 9.75. The predicted molar refractivity (Wildman–Crippen MR) is 134 cm³/mol. The number of anilines is 1. The molecule has 1 saturated heterocycles. The van der Waals surface area contributed by atoms with E-state index in [-0.39, 0.29) is 17.4 Å². The summed E-state index contributed by atoms with van der Waals surface area (Å²) in [5.74, 6) is 0.524. The molecule has 2 amide bonds. The number of piperidine rings is 1. The number of carbonyl (C=O) groups excluding carboxylic acids is 2. The van der Waals surface area contributed by atoms with Crippen LogP contribution >= 0.6 is 0 Å². The van der Waals surface area contributed by atoms with Crippen molar-refractivity contribution in [3.05, 3.63) is 77.6 Å². The van der Waals surface area contributed by atoms with Gasteiger partial charge in [-0.1, -0.05) is 12.1 Å². The molecular weight excluding hydrogens is 440 g/mol. The Morgan fingerprint density at radius 2 is 1.74 bits per heavy atom. The largest absolute Gasteiger partial charge is 0.497 e. The summed E-state index contributed by atoms with van der Waals surface area (Å²) in [6.45, 7) is 3.39. The van der Waals surface area contributed by atoms with E-state index >= 15 is 0 Å². The number of aromatic nitrogens is 1. The third-order valence-electron chi connectivity index (χ3n) is 7.63. The van der Waals surface area contributed by atoms with Gasteiger partial charge >= 0.3 is 0 Å². The molecule has 6 rings (SSSR count). The lowest BCUT2D eigenvalue weighted by molar-refractivity contribution is 0.0649. The summed E-state index contributed by atoms with van der Waals surface area (Å²) in [5, 5.41) is 3.88. The molecule has 1 atom stereocenters. The van der Waals surface area contributed by atoms with Crippen molar-refractivity contribution in [2.45, 2.75) is 31.2 Å². The average molecular weight is 471 g/mol. The van der Waals surface area contributed by atoms with Crippen LogP contribution in [0.3, 0.4) is 0 Å². The van der Waals surface area contributed by atoms with Crippen LogP contribution in [0.15, 0.2) is 60.8 Å². The summed E-state index contributed by atoms with van der Waals surface area (Å²) in [5.41, 5.74) is 4.45. The first-order chi connectivity index (χ1) is 17.1. The maximum atomic E-state index is 12.6. The summed E-state index contributed by atoms with van der Waals surface area (Å²) < 4.78 is 7.78. The lowest BCUT2D eigenvalue weighted by atomic mass is 9.83. The smallest absolute Gasteiger partial charge is 0.261 e. The highest BCUT2D eigenvalue weighted by Gasteiger charge is 2.42. The third kappa shape index (κ3) is 3.62. The van der Waals surface area contributed by atoms with Crippen molar-refractivity contribution in [1.29, 1.82) is 0 Å². The molecule has 180 valence electrons. The van der Waals surface area contributed by atoms with Crippen molar-refractivity contribution in [3.63, 3.8) is 0 Å². The summed E-state index contributed by atoms with van der Waals surface area (Å²) in [4.78, 5) is 29.2. The number of unbranched alkanes of at least 4 members (excludes halogenated alkanes) is 1. The Kier molecular flexibility index (Phi) is 5.37. The van der Waals surface area contributed by atoms with E-state index in [1.807, 2.05) is 18.2 Å². The summed E-state index contributed by atoms with van der Waals surface area (Å²) in [7, 11) is 1.70. The Labute approximate surface area is 205 Å². The molecule has 0 radical (unpaired) electrons. The number of ether oxygens (including phenoxy) is 1. The lowest BCUT2D eigenvalue weighted by Crippen LogP contribution is -2.53. The fourth-order valence-corrected chi connectivity index (χ4v) is 5.95. The number of fused-ring (bicyclic) bond motifs is 5. The van der Waals surface area contributed by atoms with E-state index in [2.05, 4.69) is 45.2 Å². The number of rotatable bonds is 6. The zero-order chi connectivity index (χ0) is 24.0. The van der Waals surface area contributed by atoms with Crippen LogP contribution in [0, 0.1) is 0 Å². The zero-order valence-electron chi connectivity index (χ0n) is 20.0. The van der Waals surface area contributed by atoms with Crippen molar-refractivity contribution < 1.29 is 14.3 Å². The number of benzene rings is 2. The Balaban J connectivity index is 1.11. The van der Waals surface area contributed by atoms with E-state index in [1.54, 1.807) is 19.2 Å². The third-order valence-corrected chi connectivity index (χ3v) is 7.63. The molecule has 3 aliphatic rings. The van der Waals surface area contributed by atoms with Crippen LogP contribution in [0.1, 0.15) is 52.1 Å². The van der Waals surface area contributed by atoms with Gasteiger partial charge in [-0.3, -0.25) is 14.5 Å². The number of methoxy groups -OCH3 is 1. The van der Waals surface area contributed by atoms with Crippen molar-refractivity contribution >= 4 is 17.5 Å². The standard InChI is InChI=1S/C28H30N4O3/c1-35-20-11-12-24-23(18-20)29-28(25-10-6-17-31(24)25)13-7-15-30(19-28)14-4-5-16-32-26(33)21-8-2-3-9-22(21)27(32)34/h2-3,6,8-12,17-18,29H,4-5,7,13-16,19H2,1H3/t28-/m0/s1. The molecule has 4 heterocycles. The highest BCUT2D eigenvalue weighted by molar-refractivity contribution is 6.21. The van der Waals surface area contributed by atoms with Crippen LogP contribution in [0.4, 0.5) is 5.69 Å². The van der Waals surface area contributed by atoms with Gasteiger partial charge < -0.3 is 19.5 Å². The molecular formula is C28H30N4O3. The molecule has 35 heavy (non-hydrogen) atoms.